The third-order valence-corrected chi connectivity index (χ3v) is 0. The van der Waals surface area contributed by atoms with Gasteiger partial charge >= 0.3 is 26.0 Å². The Morgan fingerprint density at radius 2 is 1.33 bits per heavy atom. The van der Waals surface area contributed by atoms with Gasteiger partial charge in [-0.15, -0.1) is 0 Å². The molecular formula is NO4Sb. The predicted octanol–water partition coefficient (Wildman–Crippen LogP) is -0.739. The van der Waals surface area contributed by atoms with Crippen molar-refractivity contribution in [3.8, 4) is 0 Å². The molecule has 0 fully saturated rings. The van der Waals surface area contributed by atoms with Crippen LogP contribution < -0.4 is 0 Å². The summed E-state index contributed by atoms with van der Waals surface area (Å²) in [6.45, 7) is 0. The summed E-state index contributed by atoms with van der Waals surface area (Å²) in [6.07, 6.45) is 0. The third-order valence-electron chi connectivity index (χ3n) is 0. The van der Waals surface area contributed by atoms with Crippen LogP contribution in [0.4, 0.5) is 0 Å². The van der Waals surface area contributed by atoms with Gasteiger partial charge in [0.15, 0.2) is 0 Å². The van der Waals surface area contributed by atoms with Gasteiger partial charge in [0.2, 0.25) is 0 Å². The molecule has 0 aromatic carbocycles. The molecule has 0 unspecified atom stereocenters. The van der Waals surface area contributed by atoms with Gasteiger partial charge in [-0.2, -0.15) is 0 Å². The van der Waals surface area contributed by atoms with Gasteiger partial charge in [-0.3, -0.25) is 0 Å². The summed E-state index contributed by atoms with van der Waals surface area (Å²) in [5, 5.41) is 14.8. The molecule has 0 aliphatic carbocycles. The fourth-order valence-corrected chi connectivity index (χ4v) is 0. The molecule has 0 atom stereocenters. The molecule has 6 heteroatoms. The molecule has 0 aromatic heterocycles. The van der Waals surface area contributed by atoms with E-state index in [9.17, 15) is 0 Å². The summed E-state index contributed by atoms with van der Waals surface area (Å²) in [5.74, 6) is 0. The average molecular weight is 200 g/mol. The van der Waals surface area contributed by atoms with Crippen molar-refractivity contribution in [2.24, 2.45) is 0 Å². The van der Waals surface area contributed by atoms with Gasteiger partial charge in [0.05, 0.1) is 5.09 Å². The van der Waals surface area contributed by atoms with Crippen molar-refractivity contribution in [1.29, 1.82) is 0 Å². The van der Waals surface area contributed by atoms with Crippen molar-refractivity contribution in [3.63, 3.8) is 0 Å². The first kappa shape index (κ1) is 9.26. The Hall–Kier alpha value is -0.182. The van der Waals surface area contributed by atoms with Gasteiger partial charge in [0.25, 0.3) is 0 Å². The second-order valence-electron chi connectivity index (χ2n) is 0.224. The summed E-state index contributed by atoms with van der Waals surface area (Å²) in [4.78, 5) is 8.25. The van der Waals surface area contributed by atoms with E-state index < -0.39 is 5.09 Å². The van der Waals surface area contributed by atoms with Gasteiger partial charge in [-0.25, -0.2) is 0 Å². The van der Waals surface area contributed by atoms with Gasteiger partial charge in [-0.05, 0) is 0 Å². The van der Waals surface area contributed by atoms with E-state index in [-0.39, 0.29) is 0 Å². The van der Waals surface area contributed by atoms with Gasteiger partial charge < -0.3 is 15.3 Å². The third kappa shape index (κ3) is 917. The molecule has 0 rings (SSSR count). The Bertz CT molecular complexity index is 38.8. The number of hydrogen-bond acceptors (Lipinski definition) is 4. The van der Waals surface area contributed by atoms with Crippen LogP contribution in [0, 0.1) is 15.3 Å². The van der Waals surface area contributed by atoms with Crippen LogP contribution in [0.25, 0.3) is 0 Å². The molecule has 0 saturated heterocycles. The van der Waals surface area contributed by atoms with E-state index in [1.165, 1.54) is 0 Å². The summed E-state index contributed by atoms with van der Waals surface area (Å²) in [7, 11) is 0. The van der Waals surface area contributed by atoms with Crippen molar-refractivity contribution in [3.05, 3.63) is 15.3 Å². The van der Waals surface area contributed by atoms with Crippen molar-refractivity contribution in [2.75, 3.05) is 0 Å². The van der Waals surface area contributed by atoms with Crippen LogP contribution in [0.2, 0.25) is 0 Å². The molecule has 34 valence electrons. The van der Waals surface area contributed by atoms with E-state index in [0.29, 0.717) is 23.0 Å². The van der Waals surface area contributed by atoms with Crippen LogP contribution in [0.1, 0.15) is 0 Å². The van der Waals surface area contributed by atoms with Crippen LogP contribution >= 0.6 is 0 Å². The first-order valence-electron chi connectivity index (χ1n) is 0.730. The van der Waals surface area contributed by atoms with E-state index >= 15 is 0 Å². The fourth-order valence-electron chi connectivity index (χ4n) is 0. The Morgan fingerprint density at radius 1 is 1.33 bits per heavy atom. The standard InChI is InChI=1S/NO3.O.Sb/c2-1(3)4;;/q-1;;+1. The summed E-state index contributed by atoms with van der Waals surface area (Å²) in [5.41, 5.74) is 0. The Balaban J connectivity index is 0. The summed E-state index contributed by atoms with van der Waals surface area (Å²) < 4.78 is 8.30. The maximum absolute atomic E-state index is 8.30. The molecule has 0 aliphatic rings. The van der Waals surface area contributed by atoms with Gasteiger partial charge in [-0.1, -0.05) is 0 Å². The van der Waals surface area contributed by atoms with E-state index in [1.54, 1.807) is 0 Å². The van der Waals surface area contributed by atoms with Gasteiger partial charge in [0.1, 0.15) is 0 Å². The molecule has 0 aliphatic heterocycles. The Kier molecular flexibility index (Phi) is 13.7. The molecule has 0 N–H and O–H groups in total. The first-order valence-corrected chi connectivity index (χ1v) is 1.77. The van der Waals surface area contributed by atoms with E-state index in [0.717, 1.165) is 0 Å². The van der Waals surface area contributed by atoms with Crippen LogP contribution in [0.5, 0.6) is 0 Å². The second kappa shape index (κ2) is 8.84. The number of hydrogen-bond donors (Lipinski definition) is 0. The molecule has 0 aromatic rings. The molecule has 6 heavy (non-hydrogen) atoms. The Labute approximate surface area is 47.0 Å². The molecule has 0 amide bonds. The average Bonchev–Trinajstić information content (AvgIpc) is 1.41. The van der Waals surface area contributed by atoms with E-state index in [4.69, 9.17) is 18.3 Å². The van der Waals surface area contributed by atoms with E-state index in [2.05, 4.69) is 0 Å². The van der Waals surface area contributed by atoms with Crippen LogP contribution in [0.15, 0.2) is 0 Å². The Morgan fingerprint density at radius 3 is 1.33 bits per heavy atom. The fraction of sp³-hybridized carbons (Fsp3) is 0. The molecule has 0 bridgehead atoms. The van der Waals surface area contributed by atoms with E-state index in [1.807, 2.05) is 0 Å². The monoisotopic (exact) mass is 199 g/mol. The van der Waals surface area contributed by atoms with Crippen LogP contribution in [-0.4, -0.2) is 28.1 Å². The molecule has 5 nitrogen and oxygen atoms in total. The SMILES string of the molecule is O=[N+]([O-])[O-].[O]=[Sb+]. The predicted molar refractivity (Wildman–Crippen MR) is 16.8 cm³/mol. The molecule has 0 heterocycles. The summed E-state index contributed by atoms with van der Waals surface area (Å²) >= 11 is 0.500. The van der Waals surface area contributed by atoms with Crippen molar-refractivity contribution in [1.82, 2.24) is 0 Å². The normalized spacial score (nSPS) is 4.67. The number of nitrogens with zero attached hydrogens (tertiary/aromatic N) is 1. The molecular weight excluding hydrogens is 200 g/mol. The molecule has 0 spiro atoms. The quantitative estimate of drug-likeness (QED) is 0.292. The van der Waals surface area contributed by atoms with Crippen molar-refractivity contribution in [2.45, 2.75) is 0 Å². The molecule has 2 radical (unpaired) electrons. The minimum absolute atomic E-state index is 0.500. The van der Waals surface area contributed by atoms with Crippen molar-refractivity contribution < 1.29 is 8.10 Å². The zero-order valence-corrected chi connectivity index (χ0v) is 5.08. The second-order valence-corrected chi connectivity index (χ2v) is 0.224. The van der Waals surface area contributed by atoms with Crippen molar-refractivity contribution >= 4 is 23.0 Å². The van der Waals surface area contributed by atoms with Crippen LogP contribution in [-0.2, 0) is 3.02 Å². The zero-order valence-electron chi connectivity index (χ0n) is 2.53. The topological polar surface area (TPSA) is 83.3 Å². The zero-order chi connectivity index (χ0) is 5.58. The molecule has 0 saturated carbocycles. The first-order chi connectivity index (χ1) is 2.73. The minimum atomic E-state index is -1.75. The maximum atomic E-state index is 8.30. The van der Waals surface area contributed by atoms with Gasteiger partial charge in [0, 0.05) is 0 Å². The summed E-state index contributed by atoms with van der Waals surface area (Å²) in [6, 6.07) is 0. The number of rotatable bonds is 0. The van der Waals surface area contributed by atoms with Crippen LogP contribution in [0.3, 0.4) is 0 Å².